The van der Waals surface area contributed by atoms with Crippen molar-refractivity contribution < 1.29 is 14.2 Å². The summed E-state index contributed by atoms with van der Waals surface area (Å²) in [7, 11) is 7.13. The number of methoxy groups -OCH3 is 3. The molecule has 1 aliphatic rings. The Kier molecular flexibility index (Phi) is 8.88. The number of likely N-dealkylation sites (tertiary alicyclic amines) is 1. The van der Waals surface area contributed by atoms with Crippen LogP contribution in [0.25, 0.3) is 0 Å². The van der Waals surface area contributed by atoms with Crippen molar-refractivity contribution in [3.05, 3.63) is 52.5 Å². The number of rotatable bonds is 10. The van der Waals surface area contributed by atoms with E-state index in [0.29, 0.717) is 22.4 Å². The molecular formula is C25H35ClN2O3. The first kappa shape index (κ1) is 23.7. The molecule has 1 fully saturated rings. The zero-order valence-corrected chi connectivity index (χ0v) is 20.0. The predicted octanol–water partition coefficient (Wildman–Crippen LogP) is 4.75. The lowest BCUT2D eigenvalue weighted by molar-refractivity contribution is 0.142. The standard InChI is InChI=1S/C25H35ClN2O3/c1-27(18-21-9-12-23(30-3)25(31-4)24(21)26)16-20-6-5-14-28(17-20)15-13-19-7-10-22(29-2)11-8-19/h7-12,20H,5-6,13-18H2,1-4H3/t20-/m1/s1. The van der Waals surface area contributed by atoms with Crippen molar-refractivity contribution >= 4 is 11.6 Å². The average molecular weight is 447 g/mol. The second kappa shape index (κ2) is 11.6. The van der Waals surface area contributed by atoms with Gasteiger partial charge in [0.15, 0.2) is 11.5 Å². The molecule has 2 aromatic carbocycles. The summed E-state index contributed by atoms with van der Waals surface area (Å²) in [6.45, 7) is 5.30. The fraction of sp³-hybridized carbons (Fsp3) is 0.520. The van der Waals surface area contributed by atoms with E-state index in [1.165, 1.54) is 24.9 Å². The summed E-state index contributed by atoms with van der Waals surface area (Å²) in [5.41, 5.74) is 2.43. The van der Waals surface area contributed by atoms with Gasteiger partial charge in [-0.15, -0.1) is 0 Å². The van der Waals surface area contributed by atoms with E-state index < -0.39 is 0 Å². The third kappa shape index (κ3) is 6.52. The number of benzene rings is 2. The fourth-order valence-electron chi connectivity index (χ4n) is 4.43. The fourth-order valence-corrected chi connectivity index (χ4v) is 4.72. The molecule has 5 nitrogen and oxygen atoms in total. The highest BCUT2D eigenvalue weighted by Gasteiger charge is 2.22. The van der Waals surface area contributed by atoms with Gasteiger partial charge in [0.25, 0.3) is 0 Å². The molecule has 1 saturated heterocycles. The summed E-state index contributed by atoms with van der Waals surface area (Å²) >= 11 is 6.57. The van der Waals surface area contributed by atoms with Gasteiger partial charge in [0.2, 0.25) is 0 Å². The van der Waals surface area contributed by atoms with Crippen molar-refractivity contribution in [1.82, 2.24) is 9.80 Å². The minimum atomic E-state index is 0.609. The minimum Gasteiger partial charge on any atom is -0.497 e. The molecule has 3 rings (SSSR count). The Bertz CT molecular complexity index is 828. The Morgan fingerprint density at radius 3 is 2.48 bits per heavy atom. The Hall–Kier alpha value is -1.95. The number of halogens is 1. The summed E-state index contributed by atoms with van der Waals surface area (Å²) in [5, 5.41) is 0.637. The highest BCUT2D eigenvalue weighted by Crippen LogP contribution is 2.37. The van der Waals surface area contributed by atoms with E-state index >= 15 is 0 Å². The molecule has 0 amide bonds. The van der Waals surface area contributed by atoms with Crippen LogP contribution < -0.4 is 14.2 Å². The van der Waals surface area contributed by atoms with Gasteiger partial charge in [0.05, 0.1) is 26.4 Å². The first-order chi connectivity index (χ1) is 15.0. The lowest BCUT2D eigenvalue weighted by atomic mass is 9.97. The van der Waals surface area contributed by atoms with Gasteiger partial charge in [0.1, 0.15) is 5.75 Å². The summed E-state index contributed by atoms with van der Waals surface area (Å²) in [4.78, 5) is 4.97. The predicted molar refractivity (Wildman–Crippen MR) is 127 cm³/mol. The Labute approximate surface area is 191 Å². The molecule has 0 saturated carbocycles. The molecule has 1 atom stereocenters. The van der Waals surface area contributed by atoms with E-state index in [2.05, 4.69) is 29.0 Å². The van der Waals surface area contributed by atoms with E-state index in [1.54, 1.807) is 21.3 Å². The highest BCUT2D eigenvalue weighted by atomic mass is 35.5. The van der Waals surface area contributed by atoms with Crippen molar-refractivity contribution in [2.75, 3.05) is 54.6 Å². The van der Waals surface area contributed by atoms with Crippen molar-refractivity contribution in [3.63, 3.8) is 0 Å². The third-order valence-electron chi connectivity index (χ3n) is 6.05. The van der Waals surface area contributed by atoms with Gasteiger partial charge in [-0.1, -0.05) is 29.8 Å². The van der Waals surface area contributed by atoms with Crippen molar-refractivity contribution in [2.24, 2.45) is 5.92 Å². The summed E-state index contributed by atoms with van der Waals surface area (Å²) in [6.07, 6.45) is 3.62. The zero-order chi connectivity index (χ0) is 22.2. The second-order valence-electron chi connectivity index (χ2n) is 8.38. The number of ether oxygens (including phenoxy) is 3. The van der Waals surface area contributed by atoms with Crippen LogP contribution in [0.2, 0.25) is 5.02 Å². The molecule has 0 bridgehead atoms. The van der Waals surface area contributed by atoms with Crippen LogP contribution >= 0.6 is 11.6 Å². The minimum absolute atomic E-state index is 0.609. The van der Waals surface area contributed by atoms with Crippen LogP contribution in [-0.2, 0) is 13.0 Å². The molecule has 31 heavy (non-hydrogen) atoms. The third-order valence-corrected chi connectivity index (χ3v) is 6.47. The molecule has 170 valence electrons. The molecule has 0 spiro atoms. The van der Waals surface area contributed by atoms with Gasteiger partial charge < -0.3 is 24.0 Å². The second-order valence-corrected chi connectivity index (χ2v) is 8.76. The zero-order valence-electron chi connectivity index (χ0n) is 19.2. The normalized spacial score (nSPS) is 17.0. The maximum absolute atomic E-state index is 6.57. The first-order valence-corrected chi connectivity index (χ1v) is 11.3. The van der Waals surface area contributed by atoms with Gasteiger partial charge in [-0.3, -0.25) is 0 Å². The van der Waals surface area contributed by atoms with Crippen LogP contribution in [-0.4, -0.2) is 64.4 Å². The molecule has 0 radical (unpaired) electrons. The quantitative estimate of drug-likeness (QED) is 0.526. The van der Waals surface area contributed by atoms with Gasteiger partial charge in [-0.25, -0.2) is 0 Å². The van der Waals surface area contributed by atoms with Crippen LogP contribution in [0.5, 0.6) is 17.2 Å². The molecule has 0 aliphatic carbocycles. The van der Waals surface area contributed by atoms with Crippen LogP contribution in [0.15, 0.2) is 36.4 Å². The van der Waals surface area contributed by atoms with Gasteiger partial charge in [0, 0.05) is 26.2 Å². The van der Waals surface area contributed by atoms with Crippen LogP contribution in [0.1, 0.15) is 24.0 Å². The topological polar surface area (TPSA) is 34.2 Å². The van der Waals surface area contributed by atoms with E-state index in [4.69, 9.17) is 25.8 Å². The van der Waals surface area contributed by atoms with Gasteiger partial charge in [-0.05, 0) is 68.1 Å². The molecule has 0 unspecified atom stereocenters. The van der Waals surface area contributed by atoms with Crippen LogP contribution in [0.3, 0.4) is 0 Å². The molecular weight excluding hydrogens is 412 g/mol. The van der Waals surface area contributed by atoms with Crippen molar-refractivity contribution in [2.45, 2.75) is 25.8 Å². The maximum atomic E-state index is 6.57. The Balaban J connectivity index is 1.50. The van der Waals surface area contributed by atoms with E-state index in [0.717, 1.165) is 43.9 Å². The molecule has 6 heteroatoms. The molecule has 1 aliphatic heterocycles. The van der Waals surface area contributed by atoms with Gasteiger partial charge >= 0.3 is 0 Å². The van der Waals surface area contributed by atoms with Crippen molar-refractivity contribution in [1.29, 1.82) is 0 Å². The lowest BCUT2D eigenvalue weighted by Crippen LogP contribution is -2.40. The van der Waals surface area contributed by atoms with E-state index in [-0.39, 0.29) is 0 Å². The number of hydrogen-bond donors (Lipinski definition) is 0. The maximum Gasteiger partial charge on any atom is 0.179 e. The highest BCUT2D eigenvalue weighted by molar-refractivity contribution is 6.33. The smallest absolute Gasteiger partial charge is 0.179 e. The number of hydrogen-bond acceptors (Lipinski definition) is 5. The molecule has 0 aromatic heterocycles. The van der Waals surface area contributed by atoms with Crippen molar-refractivity contribution in [3.8, 4) is 17.2 Å². The number of nitrogens with zero attached hydrogens (tertiary/aromatic N) is 2. The summed E-state index contributed by atoms with van der Waals surface area (Å²) in [6, 6.07) is 12.4. The molecule has 0 N–H and O–H groups in total. The summed E-state index contributed by atoms with van der Waals surface area (Å²) < 4.78 is 16.0. The monoisotopic (exact) mass is 446 g/mol. The van der Waals surface area contributed by atoms with Crippen LogP contribution in [0.4, 0.5) is 0 Å². The van der Waals surface area contributed by atoms with Crippen LogP contribution in [0, 0.1) is 5.92 Å². The first-order valence-electron chi connectivity index (χ1n) is 11.0. The largest absolute Gasteiger partial charge is 0.497 e. The number of piperidine rings is 1. The lowest BCUT2D eigenvalue weighted by Gasteiger charge is -2.35. The Morgan fingerprint density at radius 1 is 1.03 bits per heavy atom. The van der Waals surface area contributed by atoms with Gasteiger partial charge in [-0.2, -0.15) is 0 Å². The SMILES string of the molecule is COc1ccc(CCN2CCC[C@H](CN(C)Cc3ccc(OC)c(OC)c3Cl)C2)cc1. The summed E-state index contributed by atoms with van der Waals surface area (Å²) in [5.74, 6) is 2.86. The molecule has 1 heterocycles. The Morgan fingerprint density at radius 2 is 1.81 bits per heavy atom. The average Bonchev–Trinajstić information content (AvgIpc) is 2.79. The van der Waals surface area contributed by atoms with E-state index in [9.17, 15) is 0 Å². The molecule has 2 aromatic rings. The van der Waals surface area contributed by atoms with E-state index in [1.807, 2.05) is 24.3 Å².